The molecule has 1 aromatic rings. The minimum atomic E-state index is -1.27. The first kappa shape index (κ1) is 14.9. The third kappa shape index (κ3) is 4.22. The van der Waals surface area contributed by atoms with E-state index in [1.165, 1.54) is 18.2 Å². The van der Waals surface area contributed by atoms with Crippen LogP contribution in [0.5, 0.6) is 5.75 Å². The zero-order chi connectivity index (χ0) is 14.4. The van der Waals surface area contributed by atoms with Crippen molar-refractivity contribution < 1.29 is 24.3 Å². The van der Waals surface area contributed by atoms with Crippen LogP contribution in [0.3, 0.4) is 0 Å². The number of nitro groups is 1. The molecule has 0 spiro atoms. The Morgan fingerprint density at radius 2 is 2.11 bits per heavy atom. The summed E-state index contributed by atoms with van der Waals surface area (Å²) in [5.41, 5.74) is -0.608. The maximum atomic E-state index is 11.0. The highest BCUT2D eigenvalue weighted by Crippen LogP contribution is 2.30. The molecule has 1 rings (SSSR count). The zero-order valence-electron chi connectivity index (χ0n) is 10.7. The maximum Gasteiger partial charge on any atom is 0.339 e. The van der Waals surface area contributed by atoms with E-state index in [-0.39, 0.29) is 36.3 Å². The van der Waals surface area contributed by atoms with E-state index in [1.54, 1.807) is 0 Å². The molecule has 0 heterocycles. The molecule has 0 saturated carbocycles. The highest BCUT2D eigenvalue weighted by molar-refractivity contribution is 5.92. The predicted octanol–water partition coefficient (Wildman–Crippen LogP) is 2.10. The Morgan fingerprint density at radius 3 is 2.63 bits per heavy atom. The highest BCUT2D eigenvalue weighted by Gasteiger charge is 2.22. The first-order valence-electron chi connectivity index (χ1n) is 5.68. The molecule has 104 valence electrons. The molecule has 0 fully saturated rings. The predicted molar refractivity (Wildman–Crippen MR) is 66.6 cm³/mol. The van der Waals surface area contributed by atoms with Gasteiger partial charge in [0, 0.05) is 6.07 Å². The van der Waals surface area contributed by atoms with Gasteiger partial charge in [-0.25, -0.2) is 4.79 Å². The third-order valence-electron chi connectivity index (χ3n) is 2.20. The lowest BCUT2D eigenvalue weighted by atomic mass is 10.2. The number of rotatable bonds is 7. The number of carboxylic acids is 1. The van der Waals surface area contributed by atoms with Gasteiger partial charge in [-0.05, 0) is 19.9 Å². The van der Waals surface area contributed by atoms with Crippen LogP contribution in [0.4, 0.5) is 5.69 Å². The largest absolute Gasteiger partial charge is 0.484 e. The number of hydrogen-bond donors (Lipinski definition) is 1. The SMILES string of the molecule is CC(C)OCCOc1c(C(=O)O)cccc1[N+](=O)[O-]. The van der Waals surface area contributed by atoms with Crippen molar-refractivity contribution in [3.05, 3.63) is 33.9 Å². The van der Waals surface area contributed by atoms with E-state index in [4.69, 9.17) is 14.6 Å². The molecule has 7 heteroatoms. The Kier molecular flexibility index (Phi) is 5.25. The quantitative estimate of drug-likeness (QED) is 0.462. The number of nitro benzene ring substituents is 1. The number of hydrogen-bond acceptors (Lipinski definition) is 5. The van der Waals surface area contributed by atoms with Gasteiger partial charge in [0.15, 0.2) is 0 Å². The van der Waals surface area contributed by atoms with Crippen molar-refractivity contribution in [3.63, 3.8) is 0 Å². The summed E-state index contributed by atoms with van der Waals surface area (Å²) in [6.45, 7) is 3.95. The summed E-state index contributed by atoms with van der Waals surface area (Å²) in [5.74, 6) is -1.52. The van der Waals surface area contributed by atoms with Gasteiger partial charge in [0.1, 0.15) is 12.2 Å². The lowest BCUT2D eigenvalue weighted by Crippen LogP contribution is -2.13. The Balaban J connectivity index is 2.89. The van der Waals surface area contributed by atoms with Crippen LogP contribution in [0.25, 0.3) is 0 Å². The number of aromatic carboxylic acids is 1. The highest BCUT2D eigenvalue weighted by atomic mass is 16.6. The molecular formula is C12H15NO6. The summed E-state index contributed by atoms with van der Waals surface area (Å²) in [6.07, 6.45) is 0.00769. The maximum absolute atomic E-state index is 11.0. The van der Waals surface area contributed by atoms with Gasteiger partial charge in [0.2, 0.25) is 5.75 Å². The molecule has 1 aromatic carbocycles. The van der Waals surface area contributed by atoms with Crippen molar-refractivity contribution in [3.8, 4) is 5.75 Å². The second-order valence-corrected chi connectivity index (χ2v) is 3.98. The number of para-hydroxylation sites is 1. The molecule has 1 N–H and O–H groups in total. The Hall–Kier alpha value is -2.15. The minimum Gasteiger partial charge on any atom is -0.484 e. The first-order chi connectivity index (χ1) is 8.93. The van der Waals surface area contributed by atoms with Crippen LogP contribution in [0.1, 0.15) is 24.2 Å². The summed E-state index contributed by atoms with van der Waals surface area (Å²) < 4.78 is 10.4. The van der Waals surface area contributed by atoms with Crippen LogP contribution in [0.15, 0.2) is 18.2 Å². The summed E-state index contributed by atoms with van der Waals surface area (Å²) in [4.78, 5) is 21.2. The monoisotopic (exact) mass is 269 g/mol. The van der Waals surface area contributed by atoms with Crippen molar-refractivity contribution in [1.29, 1.82) is 0 Å². The van der Waals surface area contributed by atoms with Crippen molar-refractivity contribution in [1.82, 2.24) is 0 Å². The molecule has 0 bridgehead atoms. The van der Waals surface area contributed by atoms with E-state index in [1.807, 2.05) is 13.8 Å². The van der Waals surface area contributed by atoms with E-state index in [0.717, 1.165) is 0 Å². The standard InChI is InChI=1S/C12H15NO6/c1-8(2)18-6-7-19-11-9(12(14)15)4-3-5-10(11)13(16)17/h3-5,8H,6-7H2,1-2H3,(H,14,15). The molecule has 0 aliphatic heterocycles. The smallest absolute Gasteiger partial charge is 0.339 e. The van der Waals surface area contributed by atoms with Crippen molar-refractivity contribution >= 4 is 11.7 Å². The van der Waals surface area contributed by atoms with Gasteiger partial charge in [-0.2, -0.15) is 0 Å². The van der Waals surface area contributed by atoms with Gasteiger partial charge in [0.05, 0.1) is 17.6 Å². The molecular weight excluding hydrogens is 254 g/mol. The Morgan fingerprint density at radius 1 is 1.42 bits per heavy atom. The van der Waals surface area contributed by atoms with Gasteiger partial charge in [0.25, 0.3) is 0 Å². The van der Waals surface area contributed by atoms with E-state index >= 15 is 0 Å². The van der Waals surface area contributed by atoms with Crippen molar-refractivity contribution in [2.24, 2.45) is 0 Å². The number of benzene rings is 1. The van der Waals surface area contributed by atoms with Gasteiger partial charge in [-0.3, -0.25) is 10.1 Å². The Bertz CT molecular complexity index is 439. The van der Waals surface area contributed by atoms with Crippen LogP contribution < -0.4 is 4.74 Å². The molecule has 0 radical (unpaired) electrons. The Labute approximate surface area is 109 Å². The topological polar surface area (TPSA) is 98.9 Å². The van der Waals surface area contributed by atoms with Crippen LogP contribution in [0, 0.1) is 10.1 Å². The fourth-order valence-electron chi connectivity index (χ4n) is 1.42. The molecule has 0 aromatic heterocycles. The van der Waals surface area contributed by atoms with E-state index in [9.17, 15) is 14.9 Å². The summed E-state index contributed by atoms with van der Waals surface area (Å²) in [7, 11) is 0. The molecule has 0 aliphatic rings. The van der Waals surface area contributed by atoms with Crippen LogP contribution >= 0.6 is 0 Å². The van der Waals surface area contributed by atoms with Gasteiger partial charge in [-0.15, -0.1) is 0 Å². The van der Waals surface area contributed by atoms with Gasteiger partial charge < -0.3 is 14.6 Å². The zero-order valence-corrected chi connectivity index (χ0v) is 10.7. The normalized spacial score (nSPS) is 10.5. The fraction of sp³-hybridized carbons (Fsp3) is 0.417. The number of ether oxygens (including phenoxy) is 2. The second kappa shape index (κ2) is 6.69. The van der Waals surface area contributed by atoms with E-state index in [0.29, 0.717) is 0 Å². The van der Waals surface area contributed by atoms with Crippen LogP contribution in [-0.4, -0.2) is 35.3 Å². The summed E-state index contributed by atoms with van der Waals surface area (Å²) >= 11 is 0. The van der Waals surface area contributed by atoms with Crippen molar-refractivity contribution in [2.75, 3.05) is 13.2 Å². The number of carbonyl (C=O) groups is 1. The van der Waals surface area contributed by atoms with Crippen LogP contribution in [-0.2, 0) is 4.74 Å². The molecule has 0 unspecified atom stereocenters. The summed E-state index contributed by atoms with van der Waals surface area (Å²) in [5, 5.41) is 19.8. The van der Waals surface area contributed by atoms with Gasteiger partial charge in [-0.1, -0.05) is 6.07 Å². The molecule has 0 saturated heterocycles. The molecule has 0 aliphatic carbocycles. The van der Waals surface area contributed by atoms with Crippen LogP contribution in [0.2, 0.25) is 0 Å². The average Bonchev–Trinajstić information content (AvgIpc) is 2.33. The van der Waals surface area contributed by atoms with Gasteiger partial charge >= 0.3 is 11.7 Å². The summed E-state index contributed by atoms with van der Waals surface area (Å²) in [6, 6.07) is 3.76. The third-order valence-corrected chi connectivity index (χ3v) is 2.20. The first-order valence-corrected chi connectivity index (χ1v) is 5.68. The molecule has 19 heavy (non-hydrogen) atoms. The average molecular weight is 269 g/mol. The number of nitrogens with zero attached hydrogens (tertiary/aromatic N) is 1. The second-order valence-electron chi connectivity index (χ2n) is 3.98. The fourth-order valence-corrected chi connectivity index (χ4v) is 1.42. The lowest BCUT2D eigenvalue weighted by Gasteiger charge is -2.11. The number of carboxylic acid groups (broad SMARTS) is 1. The van der Waals surface area contributed by atoms with E-state index in [2.05, 4.69) is 0 Å². The lowest BCUT2D eigenvalue weighted by molar-refractivity contribution is -0.385. The minimum absolute atomic E-state index is 0.00769. The molecule has 0 atom stereocenters. The van der Waals surface area contributed by atoms with Crippen molar-refractivity contribution in [2.45, 2.75) is 20.0 Å². The molecule has 0 amide bonds. The molecule has 7 nitrogen and oxygen atoms in total. The van der Waals surface area contributed by atoms with E-state index < -0.39 is 10.9 Å².